The van der Waals surface area contributed by atoms with Gasteiger partial charge in [-0.25, -0.2) is 0 Å². The maximum absolute atomic E-state index is 4.54. The molecule has 0 aliphatic heterocycles. The molecule has 4 heteroatoms. The Morgan fingerprint density at radius 1 is 1.33 bits per heavy atom. The van der Waals surface area contributed by atoms with Crippen LogP contribution in [0.15, 0.2) is 30.6 Å². The van der Waals surface area contributed by atoms with Crippen molar-refractivity contribution in [3.63, 3.8) is 0 Å². The molecule has 1 atom stereocenters. The summed E-state index contributed by atoms with van der Waals surface area (Å²) in [5.74, 6) is 0. The van der Waals surface area contributed by atoms with Gasteiger partial charge in [-0.2, -0.15) is 5.10 Å². The lowest BCUT2D eigenvalue weighted by atomic mass is 10.0. The Morgan fingerprint density at radius 2 is 2.17 bits per heavy atom. The highest BCUT2D eigenvalue weighted by Crippen LogP contribution is 2.22. The van der Waals surface area contributed by atoms with E-state index in [1.54, 1.807) is 0 Å². The van der Waals surface area contributed by atoms with Gasteiger partial charge in [-0.05, 0) is 30.7 Å². The number of aryl methyl sites for hydroxylation is 2. The molecule has 0 spiro atoms. The van der Waals surface area contributed by atoms with Gasteiger partial charge in [-0.15, -0.1) is 0 Å². The normalized spacial score (nSPS) is 12.6. The highest BCUT2D eigenvalue weighted by Gasteiger charge is 2.19. The quantitative estimate of drug-likeness (QED) is 0.875. The molecule has 0 saturated heterocycles. The first-order valence-corrected chi connectivity index (χ1v) is 6.43. The van der Waals surface area contributed by atoms with Crippen molar-refractivity contribution in [1.82, 2.24) is 20.1 Å². The fraction of sp³-hybridized carbons (Fsp3) is 0.429. The van der Waals surface area contributed by atoms with Crippen LogP contribution in [-0.2, 0) is 13.5 Å². The third kappa shape index (κ3) is 2.59. The summed E-state index contributed by atoms with van der Waals surface area (Å²) >= 11 is 0. The Labute approximate surface area is 108 Å². The van der Waals surface area contributed by atoms with E-state index in [0.29, 0.717) is 0 Å². The maximum Gasteiger partial charge on any atom is 0.0946 e. The van der Waals surface area contributed by atoms with Crippen molar-refractivity contribution in [2.75, 3.05) is 6.54 Å². The van der Waals surface area contributed by atoms with Crippen LogP contribution in [0, 0.1) is 0 Å². The smallest absolute Gasteiger partial charge is 0.0946 e. The lowest BCUT2D eigenvalue weighted by Crippen LogP contribution is -2.24. The highest BCUT2D eigenvalue weighted by atomic mass is 15.3. The van der Waals surface area contributed by atoms with Gasteiger partial charge in [-0.3, -0.25) is 9.67 Å². The Balaban J connectivity index is 2.41. The fourth-order valence-corrected chi connectivity index (χ4v) is 2.14. The molecule has 0 aliphatic carbocycles. The summed E-state index contributed by atoms with van der Waals surface area (Å²) < 4.78 is 1.83. The lowest BCUT2D eigenvalue weighted by molar-refractivity contribution is 0.582. The standard InChI is InChI=1S/C14H20N4/c1-4-11-7-6-9-16-13(11)14(15-5-2)12-8-10-18(3)17-12/h6-10,14-15H,4-5H2,1-3H3. The van der Waals surface area contributed by atoms with E-state index in [1.807, 2.05) is 36.3 Å². The first-order chi connectivity index (χ1) is 8.76. The summed E-state index contributed by atoms with van der Waals surface area (Å²) in [6.45, 7) is 5.15. The zero-order chi connectivity index (χ0) is 13.0. The van der Waals surface area contributed by atoms with E-state index < -0.39 is 0 Å². The van der Waals surface area contributed by atoms with Gasteiger partial charge in [-0.1, -0.05) is 19.9 Å². The number of nitrogens with zero attached hydrogens (tertiary/aromatic N) is 3. The van der Waals surface area contributed by atoms with Crippen LogP contribution in [0.5, 0.6) is 0 Å². The molecule has 0 saturated carbocycles. The number of nitrogens with one attached hydrogen (secondary N) is 1. The van der Waals surface area contributed by atoms with E-state index in [-0.39, 0.29) is 6.04 Å². The van der Waals surface area contributed by atoms with E-state index in [1.165, 1.54) is 5.56 Å². The summed E-state index contributed by atoms with van der Waals surface area (Å²) in [4.78, 5) is 4.54. The highest BCUT2D eigenvalue weighted by molar-refractivity contribution is 5.29. The molecular formula is C14H20N4. The van der Waals surface area contributed by atoms with Gasteiger partial charge in [0.25, 0.3) is 0 Å². The number of pyridine rings is 1. The molecule has 2 rings (SSSR count). The molecule has 0 bridgehead atoms. The summed E-state index contributed by atoms with van der Waals surface area (Å²) in [5, 5.41) is 7.96. The molecule has 18 heavy (non-hydrogen) atoms. The second-order valence-electron chi connectivity index (χ2n) is 4.31. The topological polar surface area (TPSA) is 42.7 Å². The summed E-state index contributed by atoms with van der Waals surface area (Å²) in [5.41, 5.74) is 3.38. The van der Waals surface area contributed by atoms with Crippen molar-refractivity contribution < 1.29 is 0 Å². The Bertz CT molecular complexity index is 504. The minimum Gasteiger partial charge on any atom is -0.304 e. The van der Waals surface area contributed by atoms with Gasteiger partial charge in [0.2, 0.25) is 0 Å². The second kappa shape index (κ2) is 5.78. The van der Waals surface area contributed by atoms with Crippen LogP contribution < -0.4 is 5.32 Å². The van der Waals surface area contributed by atoms with E-state index >= 15 is 0 Å². The molecular weight excluding hydrogens is 224 g/mol. The van der Waals surface area contributed by atoms with Crippen molar-refractivity contribution in [2.45, 2.75) is 26.3 Å². The number of hydrogen-bond acceptors (Lipinski definition) is 3. The Kier molecular flexibility index (Phi) is 4.10. The summed E-state index contributed by atoms with van der Waals surface area (Å²) in [6, 6.07) is 6.24. The molecule has 2 aromatic rings. The van der Waals surface area contributed by atoms with Crippen molar-refractivity contribution >= 4 is 0 Å². The monoisotopic (exact) mass is 244 g/mol. The molecule has 0 radical (unpaired) electrons. The SMILES string of the molecule is CCNC(c1ccn(C)n1)c1ncccc1CC. The zero-order valence-electron chi connectivity index (χ0n) is 11.2. The summed E-state index contributed by atoms with van der Waals surface area (Å²) in [7, 11) is 1.94. The van der Waals surface area contributed by atoms with Crippen LogP contribution in [0.25, 0.3) is 0 Å². The Hall–Kier alpha value is -1.68. The third-order valence-electron chi connectivity index (χ3n) is 3.02. The van der Waals surface area contributed by atoms with Crippen LogP contribution in [0.3, 0.4) is 0 Å². The van der Waals surface area contributed by atoms with Gasteiger partial charge in [0.05, 0.1) is 17.4 Å². The van der Waals surface area contributed by atoms with Crippen LogP contribution in [0.2, 0.25) is 0 Å². The molecule has 2 heterocycles. The maximum atomic E-state index is 4.54. The van der Waals surface area contributed by atoms with Crippen molar-refractivity contribution in [3.05, 3.63) is 47.5 Å². The molecule has 1 unspecified atom stereocenters. The number of hydrogen-bond donors (Lipinski definition) is 1. The molecule has 96 valence electrons. The molecule has 1 N–H and O–H groups in total. The van der Waals surface area contributed by atoms with E-state index in [0.717, 1.165) is 24.4 Å². The van der Waals surface area contributed by atoms with Crippen molar-refractivity contribution in [3.8, 4) is 0 Å². The van der Waals surface area contributed by atoms with Gasteiger partial charge in [0, 0.05) is 19.4 Å². The van der Waals surface area contributed by atoms with Gasteiger partial charge in [0.15, 0.2) is 0 Å². The van der Waals surface area contributed by atoms with E-state index in [2.05, 4.69) is 35.3 Å². The van der Waals surface area contributed by atoms with Crippen molar-refractivity contribution in [1.29, 1.82) is 0 Å². The van der Waals surface area contributed by atoms with E-state index in [4.69, 9.17) is 0 Å². The zero-order valence-corrected chi connectivity index (χ0v) is 11.2. The third-order valence-corrected chi connectivity index (χ3v) is 3.02. The van der Waals surface area contributed by atoms with Crippen LogP contribution >= 0.6 is 0 Å². The molecule has 0 fully saturated rings. The van der Waals surface area contributed by atoms with E-state index in [9.17, 15) is 0 Å². The first kappa shape index (κ1) is 12.8. The largest absolute Gasteiger partial charge is 0.304 e. The average Bonchev–Trinajstić information content (AvgIpc) is 2.82. The second-order valence-corrected chi connectivity index (χ2v) is 4.31. The van der Waals surface area contributed by atoms with Crippen LogP contribution in [0.4, 0.5) is 0 Å². The molecule has 0 amide bonds. The summed E-state index contributed by atoms with van der Waals surface area (Å²) in [6.07, 6.45) is 4.80. The predicted octanol–water partition coefficient (Wildman–Crippen LogP) is 2.08. The fourth-order valence-electron chi connectivity index (χ4n) is 2.14. The van der Waals surface area contributed by atoms with Gasteiger partial charge >= 0.3 is 0 Å². The predicted molar refractivity (Wildman–Crippen MR) is 72.3 cm³/mol. The Morgan fingerprint density at radius 3 is 2.78 bits per heavy atom. The molecule has 0 aromatic carbocycles. The van der Waals surface area contributed by atoms with Crippen LogP contribution in [-0.4, -0.2) is 21.3 Å². The molecule has 0 aliphatic rings. The first-order valence-electron chi connectivity index (χ1n) is 6.43. The molecule has 4 nitrogen and oxygen atoms in total. The minimum atomic E-state index is 0.0762. The van der Waals surface area contributed by atoms with Crippen LogP contribution in [0.1, 0.15) is 36.8 Å². The average molecular weight is 244 g/mol. The van der Waals surface area contributed by atoms with Gasteiger partial charge in [0.1, 0.15) is 0 Å². The van der Waals surface area contributed by atoms with Gasteiger partial charge < -0.3 is 5.32 Å². The number of aromatic nitrogens is 3. The minimum absolute atomic E-state index is 0.0762. The number of rotatable bonds is 5. The lowest BCUT2D eigenvalue weighted by Gasteiger charge is -2.18. The van der Waals surface area contributed by atoms with Crippen molar-refractivity contribution in [2.24, 2.45) is 7.05 Å². The molecule has 2 aromatic heterocycles.